The van der Waals surface area contributed by atoms with E-state index < -0.39 is 0 Å². The molecule has 2 aromatic carbocycles. The number of anilines is 1. The third kappa shape index (κ3) is 3.74. The van der Waals surface area contributed by atoms with Gasteiger partial charge in [0.2, 0.25) is 6.79 Å². The van der Waals surface area contributed by atoms with E-state index in [0.29, 0.717) is 22.7 Å². The summed E-state index contributed by atoms with van der Waals surface area (Å²) in [6, 6.07) is 15.4. The highest BCUT2D eigenvalue weighted by Crippen LogP contribution is 2.32. The monoisotopic (exact) mass is 361 g/mol. The molecule has 6 nitrogen and oxygen atoms in total. The van der Waals surface area contributed by atoms with Crippen LogP contribution in [0.2, 0.25) is 0 Å². The minimum Gasteiger partial charge on any atom is -0.459 e. The molecule has 0 radical (unpaired) electrons. The standard InChI is InChI=1S/C21H15NO5/c23-17(9-3-14-4-10-18-20(12-14)27-13-26-18)15-5-7-16(8-6-15)22-21(24)19-2-1-11-25-19/h1-12H,13H2,(H,22,24)/b9-3-. The molecule has 0 saturated carbocycles. The van der Waals surface area contributed by atoms with E-state index in [4.69, 9.17) is 13.9 Å². The van der Waals surface area contributed by atoms with Crippen LogP contribution in [0.5, 0.6) is 11.5 Å². The molecule has 0 spiro atoms. The molecule has 1 aromatic heterocycles. The fourth-order valence-corrected chi connectivity index (χ4v) is 2.60. The number of ketones is 1. The Kier molecular flexibility index (Phi) is 4.45. The van der Waals surface area contributed by atoms with Crippen molar-refractivity contribution in [2.75, 3.05) is 12.1 Å². The Morgan fingerprint density at radius 2 is 1.78 bits per heavy atom. The minimum absolute atomic E-state index is 0.142. The lowest BCUT2D eigenvalue weighted by Gasteiger charge is -2.04. The number of fused-ring (bicyclic) bond motifs is 1. The third-order valence-corrected chi connectivity index (χ3v) is 4.00. The first-order chi connectivity index (χ1) is 13.2. The van der Waals surface area contributed by atoms with Crippen LogP contribution >= 0.6 is 0 Å². The fourth-order valence-electron chi connectivity index (χ4n) is 2.60. The van der Waals surface area contributed by atoms with Gasteiger partial charge in [0, 0.05) is 11.3 Å². The van der Waals surface area contributed by atoms with Crippen LogP contribution in [0.15, 0.2) is 71.4 Å². The van der Waals surface area contributed by atoms with E-state index in [9.17, 15) is 9.59 Å². The van der Waals surface area contributed by atoms with Crippen LogP contribution in [-0.4, -0.2) is 18.5 Å². The first-order valence-electron chi connectivity index (χ1n) is 8.26. The van der Waals surface area contributed by atoms with Gasteiger partial charge in [-0.25, -0.2) is 0 Å². The van der Waals surface area contributed by atoms with Gasteiger partial charge in [0.15, 0.2) is 23.0 Å². The van der Waals surface area contributed by atoms with E-state index in [2.05, 4.69) is 5.32 Å². The highest BCUT2D eigenvalue weighted by atomic mass is 16.7. The van der Waals surface area contributed by atoms with Crippen molar-refractivity contribution in [3.8, 4) is 11.5 Å². The van der Waals surface area contributed by atoms with Crippen molar-refractivity contribution in [2.24, 2.45) is 0 Å². The van der Waals surface area contributed by atoms with E-state index in [0.717, 1.165) is 5.56 Å². The van der Waals surface area contributed by atoms with E-state index >= 15 is 0 Å². The molecule has 1 aliphatic heterocycles. The van der Waals surface area contributed by atoms with Crippen molar-refractivity contribution in [3.05, 3.63) is 83.8 Å². The Labute approximate surface area is 155 Å². The average Bonchev–Trinajstić information content (AvgIpc) is 3.38. The Bertz CT molecular complexity index is 1000. The Morgan fingerprint density at radius 1 is 0.963 bits per heavy atom. The zero-order chi connectivity index (χ0) is 18.6. The molecule has 0 fully saturated rings. The maximum Gasteiger partial charge on any atom is 0.291 e. The molecule has 0 bridgehead atoms. The number of allylic oxidation sites excluding steroid dienone is 1. The summed E-state index contributed by atoms with van der Waals surface area (Å²) < 4.78 is 15.6. The van der Waals surface area contributed by atoms with Gasteiger partial charge in [-0.3, -0.25) is 9.59 Å². The molecule has 1 aliphatic rings. The highest BCUT2D eigenvalue weighted by Gasteiger charge is 2.12. The molecule has 1 N–H and O–H groups in total. The van der Waals surface area contributed by atoms with Crippen LogP contribution in [0.4, 0.5) is 5.69 Å². The molecule has 1 amide bonds. The van der Waals surface area contributed by atoms with Gasteiger partial charge in [-0.15, -0.1) is 0 Å². The summed E-state index contributed by atoms with van der Waals surface area (Å²) in [6.45, 7) is 0.213. The second-order valence-electron chi connectivity index (χ2n) is 5.82. The van der Waals surface area contributed by atoms with Crippen LogP contribution in [0.3, 0.4) is 0 Å². The van der Waals surface area contributed by atoms with E-state index in [1.165, 1.54) is 12.3 Å². The SMILES string of the molecule is O=C(/C=C\c1ccc2c(c1)OCO2)c1ccc(NC(=O)c2ccco2)cc1. The summed E-state index contributed by atoms with van der Waals surface area (Å²) >= 11 is 0. The van der Waals surface area contributed by atoms with Gasteiger partial charge in [0.25, 0.3) is 5.91 Å². The number of hydrogen-bond acceptors (Lipinski definition) is 5. The number of hydrogen-bond donors (Lipinski definition) is 1. The number of carbonyl (C=O) groups is 2. The van der Waals surface area contributed by atoms with Gasteiger partial charge in [0.05, 0.1) is 6.26 Å². The Hall–Kier alpha value is -3.80. The summed E-state index contributed by atoms with van der Waals surface area (Å²) in [7, 11) is 0. The van der Waals surface area contributed by atoms with Gasteiger partial charge in [-0.2, -0.15) is 0 Å². The van der Waals surface area contributed by atoms with E-state index in [-0.39, 0.29) is 24.2 Å². The molecule has 0 saturated heterocycles. The summed E-state index contributed by atoms with van der Waals surface area (Å²) in [5.74, 6) is 1.10. The molecule has 3 aromatic rings. The van der Waals surface area contributed by atoms with E-state index in [1.54, 1.807) is 42.5 Å². The van der Waals surface area contributed by atoms with Gasteiger partial charge < -0.3 is 19.2 Å². The van der Waals surface area contributed by atoms with Crippen LogP contribution in [0.1, 0.15) is 26.5 Å². The quantitative estimate of drug-likeness (QED) is 0.545. The summed E-state index contributed by atoms with van der Waals surface area (Å²) in [5.41, 5.74) is 1.94. The molecule has 6 heteroatoms. The Morgan fingerprint density at radius 3 is 2.56 bits per heavy atom. The van der Waals surface area contributed by atoms with Crippen molar-refractivity contribution in [3.63, 3.8) is 0 Å². The van der Waals surface area contributed by atoms with Crippen LogP contribution in [-0.2, 0) is 0 Å². The number of nitrogens with one attached hydrogen (secondary N) is 1. The highest BCUT2D eigenvalue weighted by molar-refractivity contribution is 6.07. The number of amides is 1. The van der Waals surface area contributed by atoms with Crippen molar-refractivity contribution in [2.45, 2.75) is 0 Å². The molecule has 0 aliphatic carbocycles. The van der Waals surface area contributed by atoms with Crippen molar-refractivity contribution < 1.29 is 23.5 Å². The summed E-state index contributed by atoms with van der Waals surface area (Å²) in [6.07, 6.45) is 4.65. The first kappa shape index (κ1) is 16.7. The molecular formula is C21H15NO5. The van der Waals surface area contributed by atoms with E-state index in [1.807, 2.05) is 18.2 Å². The predicted molar refractivity (Wildman–Crippen MR) is 99.0 cm³/mol. The van der Waals surface area contributed by atoms with Gasteiger partial charge in [-0.1, -0.05) is 12.1 Å². The maximum atomic E-state index is 12.3. The number of furan rings is 1. The zero-order valence-corrected chi connectivity index (χ0v) is 14.2. The molecule has 2 heterocycles. The maximum absolute atomic E-state index is 12.3. The number of ether oxygens (including phenoxy) is 2. The topological polar surface area (TPSA) is 77.8 Å². The molecular weight excluding hydrogens is 346 g/mol. The van der Waals surface area contributed by atoms with Crippen LogP contribution in [0, 0.1) is 0 Å². The fraction of sp³-hybridized carbons (Fsp3) is 0.0476. The predicted octanol–water partition coefficient (Wildman–Crippen LogP) is 4.16. The Balaban J connectivity index is 1.41. The number of rotatable bonds is 5. The molecule has 4 rings (SSSR count). The lowest BCUT2D eigenvalue weighted by Crippen LogP contribution is -2.10. The van der Waals surface area contributed by atoms with Gasteiger partial charge in [0.1, 0.15) is 0 Å². The van der Waals surface area contributed by atoms with Crippen LogP contribution in [0.25, 0.3) is 6.08 Å². The minimum atomic E-state index is -0.346. The van der Waals surface area contributed by atoms with Crippen molar-refractivity contribution >= 4 is 23.5 Å². The van der Waals surface area contributed by atoms with Crippen molar-refractivity contribution in [1.29, 1.82) is 0 Å². The van der Waals surface area contributed by atoms with Gasteiger partial charge in [-0.05, 0) is 60.2 Å². The first-order valence-corrected chi connectivity index (χ1v) is 8.26. The average molecular weight is 361 g/mol. The third-order valence-electron chi connectivity index (χ3n) is 4.00. The largest absolute Gasteiger partial charge is 0.459 e. The normalized spacial score (nSPS) is 12.3. The zero-order valence-electron chi connectivity index (χ0n) is 14.2. The molecule has 0 unspecified atom stereocenters. The second-order valence-corrected chi connectivity index (χ2v) is 5.82. The smallest absolute Gasteiger partial charge is 0.291 e. The second kappa shape index (κ2) is 7.21. The number of carbonyl (C=O) groups excluding carboxylic acids is 2. The lowest BCUT2D eigenvalue weighted by atomic mass is 10.1. The summed E-state index contributed by atoms with van der Waals surface area (Å²) in [4.78, 5) is 24.3. The number of benzene rings is 2. The van der Waals surface area contributed by atoms with Gasteiger partial charge >= 0.3 is 0 Å². The lowest BCUT2D eigenvalue weighted by molar-refractivity contribution is 0.0996. The van der Waals surface area contributed by atoms with Crippen molar-refractivity contribution in [1.82, 2.24) is 0 Å². The molecule has 27 heavy (non-hydrogen) atoms. The van der Waals surface area contributed by atoms with Crippen LogP contribution < -0.4 is 14.8 Å². The summed E-state index contributed by atoms with van der Waals surface area (Å²) in [5, 5.41) is 2.70. The molecule has 134 valence electrons. The molecule has 0 atom stereocenters.